The number of alkyl halides is 3. The number of carbonyl (C=O) groups excluding carboxylic acids is 1. The molecule has 0 radical (unpaired) electrons. The number of rotatable bonds is 5. The summed E-state index contributed by atoms with van der Waals surface area (Å²) in [5.41, 5.74) is 12.5. The molecule has 1 aliphatic rings. The van der Waals surface area contributed by atoms with Gasteiger partial charge >= 0.3 is 6.18 Å². The minimum absolute atomic E-state index is 0.165. The van der Waals surface area contributed by atoms with Crippen molar-refractivity contribution in [3.63, 3.8) is 0 Å². The molecule has 2 rings (SSSR count). The number of hydrogen-bond donors (Lipinski definition) is 3. The Balaban J connectivity index is 0.00000190. The Morgan fingerprint density at radius 2 is 1.93 bits per heavy atom. The van der Waals surface area contributed by atoms with Gasteiger partial charge in [-0.1, -0.05) is 24.3 Å². The molecule has 1 aromatic carbocycles. The summed E-state index contributed by atoms with van der Waals surface area (Å²) in [7, 11) is 1.50. The quantitative estimate of drug-likeness (QED) is 0.403. The molecule has 0 spiro atoms. The van der Waals surface area contributed by atoms with Crippen LogP contribution in [0, 0.1) is 0 Å². The molecule has 28 heavy (non-hydrogen) atoms. The molecule has 0 aliphatic heterocycles. The summed E-state index contributed by atoms with van der Waals surface area (Å²) in [6.45, 7) is -0.0285. The largest absolute Gasteiger partial charge is 0.468 e. The number of nitrogens with one attached hydrogen (secondary N) is 1. The van der Waals surface area contributed by atoms with Gasteiger partial charge in [0.1, 0.15) is 0 Å². The maximum absolute atomic E-state index is 12.4. The van der Waals surface area contributed by atoms with Gasteiger partial charge in [0.25, 0.3) is 0 Å². The number of allylic oxidation sites excluding steroid dienone is 5. The first kappa shape index (κ1) is 23.0. The number of anilines is 1. The highest BCUT2D eigenvalue weighted by atomic mass is 19.4. The number of halogens is 3. The SMILES string of the molecule is CC(=O)Nc1ccc(C2=C/C(=C(/N=C\N)OCC(F)(F)F)CC=C2)cc1.CN. The Morgan fingerprint density at radius 1 is 1.29 bits per heavy atom. The highest BCUT2D eigenvalue weighted by molar-refractivity contribution is 5.89. The molecule has 0 fully saturated rings. The lowest BCUT2D eigenvalue weighted by atomic mass is 9.96. The zero-order valence-electron chi connectivity index (χ0n) is 15.6. The van der Waals surface area contributed by atoms with Gasteiger partial charge in [0.15, 0.2) is 6.61 Å². The third kappa shape index (κ3) is 7.67. The van der Waals surface area contributed by atoms with Crippen molar-refractivity contribution in [3.05, 3.63) is 59.5 Å². The molecule has 0 heterocycles. The van der Waals surface area contributed by atoms with E-state index in [0.29, 0.717) is 17.7 Å². The van der Waals surface area contributed by atoms with Crippen LogP contribution >= 0.6 is 0 Å². The molecular formula is C19H23F3N4O2. The summed E-state index contributed by atoms with van der Waals surface area (Å²) >= 11 is 0. The van der Waals surface area contributed by atoms with Crippen molar-refractivity contribution in [2.24, 2.45) is 16.5 Å². The first-order valence-corrected chi connectivity index (χ1v) is 8.29. The summed E-state index contributed by atoms with van der Waals surface area (Å²) in [5.74, 6) is -0.340. The Kier molecular flexibility index (Phi) is 8.97. The third-order valence-electron chi connectivity index (χ3n) is 3.34. The number of nitrogens with two attached hydrogens (primary N) is 2. The second-order valence-corrected chi connectivity index (χ2v) is 5.48. The van der Waals surface area contributed by atoms with Crippen LogP contribution in [0.15, 0.2) is 58.9 Å². The van der Waals surface area contributed by atoms with Crippen molar-refractivity contribution in [2.75, 3.05) is 19.0 Å². The molecule has 0 bridgehead atoms. The molecule has 1 aromatic rings. The zero-order valence-corrected chi connectivity index (χ0v) is 15.6. The molecule has 1 aliphatic carbocycles. The van der Waals surface area contributed by atoms with E-state index in [1.165, 1.54) is 14.0 Å². The Hall–Kier alpha value is -3.07. The maximum atomic E-state index is 12.4. The predicted molar refractivity (Wildman–Crippen MR) is 104 cm³/mol. The summed E-state index contributed by atoms with van der Waals surface area (Å²) in [6, 6.07) is 7.07. The number of ether oxygens (including phenoxy) is 1. The van der Waals surface area contributed by atoms with Crippen LogP contribution in [-0.2, 0) is 9.53 Å². The Bertz CT molecular complexity index is 779. The fourth-order valence-corrected chi connectivity index (χ4v) is 2.32. The highest BCUT2D eigenvalue weighted by Gasteiger charge is 2.29. The second kappa shape index (κ2) is 10.9. The van der Waals surface area contributed by atoms with Crippen LogP contribution in [0.2, 0.25) is 0 Å². The molecule has 9 heteroatoms. The lowest BCUT2D eigenvalue weighted by molar-refractivity contribution is -0.165. The molecule has 0 atom stereocenters. The number of hydrogen-bond acceptors (Lipinski definition) is 4. The average molecular weight is 396 g/mol. The van der Waals surface area contributed by atoms with Gasteiger partial charge in [0.05, 0.1) is 6.34 Å². The summed E-state index contributed by atoms with van der Waals surface area (Å²) in [4.78, 5) is 14.8. The number of aliphatic imine (C=N–C) groups is 1. The Morgan fingerprint density at radius 3 is 2.46 bits per heavy atom. The molecule has 0 unspecified atom stereocenters. The van der Waals surface area contributed by atoms with Crippen molar-refractivity contribution < 1.29 is 22.7 Å². The highest BCUT2D eigenvalue weighted by Crippen LogP contribution is 2.28. The minimum atomic E-state index is -4.47. The fraction of sp³-hybridized carbons (Fsp3) is 0.263. The van der Waals surface area contributed by atoms with Crippen molar-refractivity contribution >= 4 is 23.5 Å². The summed E-state index contributed by atoms with van der Waals surface area (Å²) in [5, 5.41) is 2.66. The predicted octanol–water partition coefficient (Wildman–Crippen LogP) is 3.34. The van der Waals surface area contributed by atoms with Crippen LogP contribution in [-0.4, -0.2) is 32.1 Å². The van der Waals surface area contributed by atoms with Crippen LogP contribution in [0.3, 0.4) is 0 Å². The van der Waals surface area contributed by atoms with Gasteiger partial charge < -0.3 is 21.5 Å². The topological polar surface area (TPSA) is 103 Å². The van der Waals surface area contributed by atoms with Gasteiger partial charge in [-0.15, -0.1) is 0 Å². The average Bonchev–Trinajstić information content (AvgIpc) is 2.66. The van der Waals surface area contributed by atoms with Crippen LogP contribution in [0.1, 0.15) is 18.9 Å². The van der Waals surface area contributed by atoms with Gasteiger partial charge in [-0.2, -0.15) is 13.2 Å². The second-order valence-electron chi connectivity index (χ2n) is 5.48. The molecule has 0 saturated carbocycles. The fourth-order valence-electron chi connectivity index (χ4n) is 2.32. The van der Waals surface area contributed by atoms with E-state index in [0.717, 1.165) is 17.5 Å². The standard InChI is InChI=1S/C18H18F3N3O2.CH5N/c1-12(25)24-16-7-5-13(6-8-16)14-3-2-4-15(9-14)17(23-11-22)26-10-18(19,20)21;1-2/h2-3,5-9,11H,4,10H2,1H3,(H2,22,23)(H,24,25);2H2,1H3/b17-15-;. The number of amides is 1. The number of benzene rings is 1. The lowest BCUT2D eigenvalue weighted by Crippen LogP contribution is -2.17. The van der Waals surface area contributed by atoms with Crippen molar-refractivity contribution in [1.82, 2.24) is 0 Å². The number of nitrogens with zero attached hydrogens (tertiary/aromatic N) is 1. The van der Waals surface area contributed by atoms with Crippen LogP contribution in [0.4, 0.5) is 18.9 Å². The van der Waals surface area contributed by atoms with Gasteiger partial charge in [0, 0.05) is 18.2 Å². The molecular weight excluding hydrogens is 373 g/mol. The minimum Gasteiger partial charge on any atom is -0.468 e. The maximum Gasteiger partial charge on any atom is 0.422 e. The van der Waals surface area contributed by atoms with E-state index in [4.69, 9.17) is 10.5 Å². The van der Waals surface area contributed by atoms with E-state index in [1.807, 2.05) is 6.08 Å². The van der Waals surface area contributed by atoms with E-state index >= 15 is 0 Å². The molecule has 5 N–H and O–H groups in total. The van der Waals surface area contributed by atoms with E-state index in [1.54, 1.807) is 36.4 Å². The molecule has 6 nitrogen and oxygen atoms in total. The van der Waals surface area contributed by atoms with E-state index in [9.17, 15) is 18.0 Å². The molecule has 1 amide bonds. The van der Waals surface area contributed by atoms with Crippen LogP contribution in [0.25, 0.3) is 5.57 Å². The molecule has 0 saturated heterocycles. The third-order valence-corrected chi connectivity index (χ3v) is 3.34. The van der Waals surface area contributed by atoms with Crippen molar-refractivity contribution in [1.29, 1.82) is 0 Å². The monoisotopic (exact) mass is 396 g/mol. The Labute approximate surface area is 161 Å². The normalized spacial score (nSPS) is 15.4. The molecule has 152 valence electrons. The van der Waals surface area contributed by atoms with E-state index in [2.05, 4.69) is 16.0 Å². The van der Waals surface area contributed by atoms with Crippen molar-refractivity contribution in [3.8, 4) is 0 Å². The number of carbonyl (C=O) groups is 1. The van der Waals surface area contributed by atoms with Gasteiger partial charge in [-0.05, 0) is 42.8 Å². The lowest BCUT2D eigenvalue weighted by Gasteiger charge is -2.15. The van der Waals surface area contributed by atoms with Gasteiger partial charge in [-0.25, -0.2) is 4.99 Å². The van der Waals surface area contributed by atoms with Gasteiger partial charge in [-0.3, -0.25) is 4.79 Å². The van der Waals surface area contributed by atoms with E-state index < -0.39 is 12.8 Å². The molecule has 0 aromatic heterocycles. The zero-order chi connectivity index (χ0) is 21.2. The first-order valence-electron chi connectivity index (χ1n) is 8.29. The smallest absolute Gasteiger partial charge is 0.422 e. The van der Waals surface area contributed by atoms with Gasteiger partial charge in [0.2, 0.25) is 11.8 Å². The van der Waals surface area contributed by atoms with Crippen LogP contribution in [0.5, 0.6) is 0 Å². The van der Waals surface area contributed by atoms with E-state index in [-0.39, 0.29) is 11.8 Å². The van der Waals surface area contributed by atoms with Crippen LogP contribution < -0.4 is 16.8 Å². The summed E-state index contributed by atoms with van der Waals surface area (Å²) in [6.07, 6.45) is 2.16. The first-order chi connectivity index (χ1) is 13.3. The van der Waals surface area contributed by atoms with Crippen molar-refractivity contribution in [2.45, 2.75) is 19.5 Å². The summed E-state index contributed by atoms with van der Waals surface area (Å²) < 4.78 is 42.0.